The van der Waals surface area contributed by atoms with Crippen molar-refractivity contribution in [2.45, 2.75) is 24.8 Å². The second kappa shape index (κ2) is 4.89. The molecular weight excluding hydrogens is 321 g/mol. The van der Waals surface area contributed by atoms with E-state index >= 15 is 0 Å². The second-order valence-corrected chi connectivity index (χ2v) is 5.05. The highest BCUT2D eigenvalue weighted by Crippen LogP contribution is 2.59. The van der Waals surface area contributed by atoms with E-state index in [1.54, 1.807) is 0 Å². The number of alkyl halides is 4. The molecule has 3 rings (SSSR count). The van der Waals surface area contributed by atoms with Gasteiger partial charge in [0.05, 0.1) is 13.8 Å². The molecule has 122 valence electrons. The molecule has 0 bridgehead atoms. The molecule has 1 aliphatic carbocycles. The smallest absolute Gasteiger partial charge is 0.343 e. The summed E-state index contributed by atoms with van der Waals surface area (Å²) in [4.78, 5) is 3.53. The SMILES string of the molecule is [2H][C@@]1(O)c2c(ccc(Oc3cncc(F)c3)c2C)C(F)(F)C1(F)F. The van der Waals surface area contributed by atoms with Crippen LogP contribution < -0.4 is 4.74 Å². The monoisotopic (exact) mass is 332 g/mol. The predicted octanol–water partition coefficient (Wildman–Crippen LogP) is 4.10. The van der Waals surface area contributed by atoms with Crippen LogP contribution in [0, 0.1) is 12.7 Å². The molecule has 3 nitrogen and oxygen atoms in total. The van der Waals surface area contributed by atoms with Crippen molar-refractivity contribution in [1.82, 2.24) is 4.98 Å². The fraction of sp³-hybridized carbons (Fsp3) is 0.267. The van der Waals surface area contributed by atoms with Crippen LogP contribution in [0.1, 0.15) is 24.1 Å². The number of rotatable bonds is 2. The van der Waals surface area contributed by atoms with E-state index < -0.39 is 34.9 Å². The lowest BCUT2D eigenvalue weighted by Crippen LogP contribution is -2.36. The van der Waals surface area contributed by atoms with Crippen LogP contribution in [0.5, 0.6) is 11.5 Å². The topological polar surface area (TPSA) is 42.4 Å². The number of pyridine rings is 1. The molecule has 1 heterocycles. The average Bonchev–Trinajstić information content (AvgIpc) is 2.58. The number of nitrogens with zero attached hydrogens (tertiary/aromatic N) is 1. The van der Waals surface area contributed by atoms with Gasteiger partial charge in [0.15, 0.2) is 6.08 Å². The number of ether oxygens (including phenoxy) is 1. The Morgan fingerprint density at radius 3 is 2.61 bits per heavy atom. The van der Waals surface area contributed by atoms with E-state index in [4.69, 9.17) is 6.11 Å². The first-order chi connectivity index (χ1) is 11.0. The minimum atomic E-state index is -5.01. The molecule has 1 atom stereocenters. The van der Waals surface area contributed by atoms with Gasteiger partial charge in [-0.05, 0) is 24.6 Å². The van der Waals surface area contributed by atoms with Gasteiger partial charge in [-0.15, -0.1) is 0 Å². The van der Waals surface area contributed by atoms with Gasteiger partial charge in [0.25, 0.3) is 0 Å². The molecule has 0 fully saturated rings. The molecule has 1 N–H and O–H groups in total. The standard InChI is InChI=1S/C15H10F5NO2/c1-7-11(23-9-4-8(16)5-21-6-9)3-2-10-12(7)13(22)15(19,20)14(10,17)18/h2-6,13,22H,1H3/t13-/m1/s1/i13D. The maximum Gasteiger partial charge on any atom is 0.343 e. The van der Waals surface area contributed by atoms with Gasteiger partial charge in [0.2, 0.25) is 0 Å². The fourth-order valence-corrected chi connectivity index (χ4v) is 2.42. The van der Waals surface area contributed by atoms with Crippen LogP contribution in [0.4, 0.5) is 22.0 Å². The van der Waals surface area contributed by atoms with Crippen LogP contribution in [0.3, 0.4) is 0 Å². The number of benzene rings is 1. The van der Waals surface area contributed by atoms with E-state index in [0.29, 0.717) is 6.07 Å². The minimum Gasteiger partial charge on any atom is -0.455 e. The van der Waals surface area contributed by atoms with Crippen molar-refractivity contribution in [3.05, 3.63) is 53.1 Å². The van der Waals surface area contributed by atoms with Crippen molar-refractivity contribution in [2.24, 2.45) is 0 Å². The molecule has 0 spiro atoms. The summed E-state index contributed by atoms with van der Waals surface area (Å²) in [6, 6.07) is 2.60. The molecule has 2 aromatic rings. The number of aromatic nitrogens is 1. The van der Waals surface area contributed by atoms with Crippen molar-refractivity contribution in [1.29, 1.82) is 0 Å². The van der Waals surface area contributed by atoms with Crippen LogP contribution in [-0.4, -0.2) is 16.0 Å². The van der Waals surface area contributed by atoms with Gasteiger partial charge in [-0.25, -0.2) is 4.39 Å². The average molecular weight is 332 g/mol. The van der Waals surface area contributed by atoms with Gasteiger partial charge in [-0.1, -0.05) is 0 Å². The lowest BCUT2D eigenvalue weighted by atomic mass is 10.0. The largest absolute Gasteiger partial charge is 0.455 e. The van der Waals surface area contributed by atoms with Crippen molar-refractivity contribution in [3.8, 4) is 11.5 Å². The van der Waals surface area contributed by atoms with Gasteiger partial charge in [0.1, 0.15) is 17.3 Å². The number of hydrogen-bond acceptors (Lipinski definition) is 3. The first-order valence-corrected chi connectivity index (χ1v) is 6.41. The van der Waals surface area contributed by atoms with Gasteiger partial charge >= 0.3 is 11.8 Å². The van der Waals surface area contributed by atoms with E-state index in [1.165, 1.54) is 0 Å². The lowest BCUT2D eigenvalue weighted by Gasteiger charge is -2.21. The van der Waals surface area contributed by atoms with Crippen LogP contribution in [0.15, 0.2) is 30.6 Å². The molecule has 0 saturated carbocycles. The Bertz CT molecular complexity index is 826. The summed E-state index contributed by atoms with van der Waals surface area (Å²) in [5.41, 5.74) is -2.35. The first kappa shape index (κ1) is 14.4. The van der Waals surface area contributed by atoms with Crippen LogP contribution in [-0.2, 0) is 5.92 Å². The number of hydrogen-bond donors (Lipinski definition) is 1. The molecule has 1 aromatic carbocycles. The second-order valence-electron chi connectivity index (χ2n) is 5.05. The molecule has 23 heavy (non-hydrogen) atoms. The van der Waals surface area contributed by atoms with Crippen LogP contribution >= 0.6 is 0 Å². The summed E-state index contributed by atoms with van der Waals surface area (Å²) >= 11 is 0. The summed E-state index contributed by atoms with van der Waals surface area (Å²) in [6.07, 6.45) is -1.78. The number of fused-ring (bicyclic) bond motifs is 1. The van der Waals surface area contributed by atoms with Crippen molar-refractivity contribution in [3.63, 3.8) is 0 Å². The van der Waals surface area contributed by atoms with Gasteiger partial charge < -0.3 is 9.84 Å². The minimum absolute atomic E-state index is 0.0944. The summed E-state index contributed by atoms with van der Waals surface area (Å²) in [7, 11) is 0. The predicted molar refractivity (Wildman–Crippen MR) is 69.2 cm³/mol. The Hall–Kier alpha value is -2.22. The molecule has 1 aliphatic rings. The Kier molecular flexibility index (Phi) is 3.06. The van der Waals surface area contributed by atoms with Crippen molar-refractivity contribution >= 4 is 0 Å². The van der Waals surface area contributed by atoms with Crippen molar-refractivity contribution < 1.29 is 33.2 Å². The Morgan fingerprint density at radius 2 is 1.96 bits per heavy atom. The van der Waals surface area contributed by atoms with E-state index in [0.717, 1.165) is 31.5 Å². The number of aliphatic hydroxyl groups is 1. The molecule has 0 aliphatic heterocycles. The normalized spacial score (nSPS) is 24.9. The zero-order valence-electron chi connectivity index (χ0n) is 12.6. The Morgan fingerprint density at radius 1 is 1.26 bits per heavy atom. The maximum atomic E-state index is 13.9. The van der Waals surface area contributed by atoms with Gasteiger partial charge in [-0.2, -0.15) is 17.6 Å². The maximum absolute atomic E-state index is 13.9. The molecule has 0 radical (unpaired) electrons. The van der Waals surface area contributed by atoms with Gasteiger partial charge in [0, 0.05) is 17.2 Å². The quantitative estimate of drug-likeness (QED) is 0.842. The summed E-state index contributed by atoms with van der Waals surface area (Å²) in [6.45, 7) is 1.15. The van der Waals surface area contributed by atoms with Crippen LogP contribution in [0.2, 0.25) is 0 Å². The zero-order valence-corrected chi connectivity index (χ0v) is 11.6. The highest BCUT2D eigenvalue weighted by atomic mass is 19.3. The van der Waals surface area contributed by atoms with E-state index in [1.807, 2.05) is 0 Å². The lowest BCUT2D eigenvalue weighted by molar-refractivity contribution is -0.246. The summed E-state index contributed by atoms with van der Waals surface area (Å²) < 4.78 is 81.1. The third-order valence-electron chi connectivity index (χ3n) is 3.59. The third kappa shape index (κ3) is 2.16. The van der Waals surface area contributed by atoms with E-state index in [9.17, 15) is 27.1 Å². The molecule has 0 unspecified atom stereocenters. The molecular formula is C15H10F5NO2. The van der Waals surface area contributed by atoms with Crippen LogP contribution in [0.25, 0.3) is 0 Å². The fourth-order valence-electron chi connectivity index (χ4n) is 2.42. The molecule has 0 saturated heterocycles. The molecule has 0 amide bonds. The molecule has 8 heteroatoms. The first-order valence-electron chi connectivity index (χ1n) is 6.91. The summed E-state index contributed by atoms with van der Waals surface area (Å²) in [5, 5.41) is 9.73. The Labute approximate surface area is 128 Å². The molecule has 1 aromatic heterocycles. The summed E-state index contributed by atoms with van der Waals surface area (Å²) in [5.74, 6) is -10.7. The van der Waals surface area contributed by atoms with Gasteiger partial charge in [-0.3, -0.25) is 4.98 Å². The van der Waals surface area contributed by atoms with E-state index in [-0.39, 0.29) is 17.1 Å². The zero-order chi connectivity index (χ0) is 17.9. The van der Waals surface area contributed by atoms with Crippen molar-refractivity contribution in [2.75, 3.05) is 0 Å². The highest BCUT2D eigenvalue weighted by molar-refractivity contribution is 5.53. The Balaban J connectivity index is 2.13. The van der Waals surface area contributed by atoms with E-state index in [2.05, 4.69) is 4.98 Å². The third-order valence-corrected chi connectivity index (χ3v) is 3.59. The number of halogens is 5. The highest BCUT2D eigenvalue weighted by Gasteiger charge is 2.69.